The number of hydrogen-bond acceptors (Lipinski definition) is 6. The minimum absolute atomic E-state index is 0.252. The largest absolute Gasteiger partial charge is 0.490 e. The third-order valence-corrected chi connectivity index (χ3v) is 4.72. The van der Waals surface area contributed by atoms with E-state index < -0.39 is 5.97 Å². The number of halogens is 1. The molecule has 0 unspecified atom stereocenters. The molecule has 0 fully saturated rings. The molecule has 25 heavy (non-hydrogen) atoms. The number of ether oxygens (including phenoxy) is 3. The fraction of sp³-hybridized carbons (Fsp3) is 0.222. The number of nitrogens with zero attached hydrogens (tertiary/aromatic N) is 1. The van der Waals surface area contributed by atoms with Crippen LogP contribution < -0.4 is 9.47 Å². The van der Waals surface area contributed by atoms with Crippen molar-refractivity contribution in [2.75, 3.05) is 13.2 Å². The predicted octanol–water partition coefficient (Wildman–Crippen LogP) is 4.65. The number of hydrogen-bond donors (Lipinski definition) is 0. The fourth-order valence-corrected chi connectivity index (χ4v) is 3.51. The van der Waals surface area contributed by atoms with Crippen LogP contribution >= 0.6 is 27.3 Å². The second kappa shape index (κ2) is 7.84. The molecule has 1 aromatic carbocycles. The van der Waals surface area contributed by atoms with Gasteiger partial charge in [-0.2, -0.15) is 0 Å². The van der Waals surface area contributed by atoms with Crippen molar-refractivity contribution < 1.29 is 19.0 Å². The van der Waals surface area contributed by atoms with Gasteiger partial charge in [0.25, 0.3) is 0 Å². The summed E-state index contributed by atoms with van der Waals surface area (Å²) in [5.74, 6) is 1.12. The SMILES string of the molecule is CCOc1cc(/C=C2\N=C(c3cccs3)OC2=O)cc(Br)c1OCC. The Morgan fingerprint density at radius 1 is 1.28 bits per heavy atom. The maximum Gasteiger partial charge on any atom is 0.363 e. The average molecular weight is 422 g/mol. The molecule has 2 heterocycles. The van der Waals surface area contributed by atoms with Gasteiger partial charge in [0.05, 0.1) is 22.6 Å². The summed E-state index contributed by atoms with van der Waals surface area (Å²) in [7, 11) is 0. The first-order valence-corrected chi connectivity index (χ1v) is 9.45. The van der Waals surface area contributed by atoms with Gasteiger partial charge in [-0.25, -0.2) is 9.79 Å². The zero-order valence-corrected chi connectivity index (χ0v) is 16.1. The first-order valence-electron chi connectivity index (χ1n) is 7.78. The number of carbonyl (C=O) groups is 1. The van der Waals surface area contributed by atoms with E-state index in [0.717, 1.165) is 14.9 Å². The number of cyclic esters (lactones) is 1. The Bertz CT molecular complexity index is 843. The van der Waals surface area contributed by atoms with Crippen LogP contribution in [0.25, 0.3) is 6.08 Å². The van der Waals surface area contributed by atoms with Crippen molar-refractivity contribution in [3.05, 3.63) is 50.3 Å². The molecule has 1 aromatic heterocycles. The number of esters is 1. The van der Waals surface area contributed by atoms with E-state index in [1.165, 1.54) is 11.3 Å². The fourth-order valence-electron chi connectivity index (χ4n) is 2.29. The lowest BCUT2D eigenvalue weighted by molar-refractivity contribution is -0.129. The molecule has 0 amide bonds. The molecule has 3 rings (SSSR count). The molecule has 0 radical (unpaired) electrons. The summed E-state index contributed by atoms with van der Waals surface area (Å²) in [5.41, 5.74) is 1.02. The lowest BCUT2D eigenvalue weighted by Crippen LogP contribution is -2.03. The second-order valence-electron chi connectivity index (χ2n) is 5.01. The number of thiophene rings is 1. The summed E-state index contributed by atoms with van der Waals surface area (Å²) in [6.45, 7) is 4.85. The Hall–Kier alpha value is -2.12. The third-order valence-electron chi connectivity index (χ3n) is 3.28. The van der Waals surface area contributed by atoms with E-state index in [4.69, 9.17) is 14.2 Å². The topological polar surface area (TPSA) is 57.1 Å². The first-order chi connectivity index (χ1) is 12.1. The molecule has 0 saturated heterocycles. The van der Waals surface area contributed by atoms with Crippen LogP contribution in [0.15, 0.2) is 44.8 Å². The van der Waals surface area contributed by atoms with E-state index in [0.29, 0.717) is 30.6 Å². The molecule has 1 aliphatic heterocycles. The van der Waals surface area contributed by atoms with Crippen molar-refractivity contribution in [2.24, 2.45) is 4.99 Å². The molecule has 2 aromatic rings. The summed E-state index contributed by atoms with van der Waals surface area (Å²) in [5, 5.41) is 1.91. The Labute approximate surface area is 158 Å². The van der Waals surface area contributed by atoms with Gasteiger partial charge in [-0.15, -0.1) is 11.3 Å². The van der Waals surface area contributed by atoms with E-state index in [2.05, 4.69) is 20.9 Å². The van der Waals surface area contributed by atoms with E-state index in [-0.39, 0.29) is 5.70 Å². The highest BCUT2D eigenvalue weighted by atomic mass is 79.9. The summed E-state index contributed by atoms with van der Waals surface area (Å²) >= 11 is 4.96. The van der Waals surface area contributed by atoms with Crippen LogP contribution in [0, 0.1) is 0 Å². The normalized spacial score (nSPS) is 15.2. The Balaban J connectivity index is 1.96. The monoisotopic (exact) mass is 421 g/mol. The van der Waals surface area contributed by atoms with Crippen LogP contribution in [0.5, 0.6) is 11.5 Å². The van der Waals surface area contributed by atoms with E-state index in [9.17, 15) is 4.79 Å². The minimum atomic E-state index is -0.466. The summed E-state index contributed by atoms with van der Waals surface area (Å²) in [4.78, 5) is 17.2. The number of carbonyl (C=O) groups excluding carboxylic acids is 1. The number of aliphatic imine (C=N–C) groups is 1. The van der Waals surface area contributed by atoms with Gasteiger partial charge in [0, 0.05) is 0 Å². The molecule has 0 N–H and O–H groups in total. The molecule has 5 nitrogen and oxygen atoms in total. The standard InChI is InChI=1S/C18H16BrNO4S/c1-3-22-14-10-11(8-12(19)16(14)23-4-2)9-13-18(21)24-17(20-13)15-6-5-7-25-15/h5-10H,3-4H2,1-2H3/b13-9-. The van der Waals surface area contributed by atoms with Crippen molar-refractivity contribution in [3.8, 4) is 11.5 Å². The molecule has 1 aliphatic rings. The van der Waals surface area contributed by atoms with Crippen LogP contribution in [0.1, 0.15) is 24.3 Å². The smallest absolute Gasteiger partial charge is 0.363 e. The van der Waals surface area contributed by atoms with Gasteiger partial charge in [-0.1, -0.05) is 6.07 Å². The molecule has 0 bridgehead atoms. The van der Waals surface area contributed by atoms with Gasteiger partial charge in [0.2, 0.25) is 5.90 Å². The highest BCUT2D eigenvalue weighted by Crippen LogP contribution is 2.37. The van der Waals surface area contributed by atoms with Crippen molar-refractivity contribution in [3.63, 3.8) is 0 Å². The quantitative estimate of drug-likeness (QED) is 0.502. The zero-order chi connectivity index (χ0) is 17.8. The Kier molecular flexibility index (Phi) is 5.55. The summed E-state index contributed by atoms with van der Waals surface area (Å²) in [6.07, 6.45) is 1.67. The molecular formula is C18H16BrNO4S. The van der Waals surface area contributed by atoms with Gasteiger partial charge in [-0.3, -0.25) is 0 Å². The van der Waals surface area contributed by atoms with Crippen LogP contribution in [-0.2, 0) is 9.53 Å². The summed E-state index contributed by atoms with van der Waals surface area (Å²) in [6, 6.07) is 7.42. The van der Waals surface area contributed by atoms with Crippen LogP contribution in [0.3, 0.4) is 0 Å². The van der Waals surface area contributed by atoms with Gasteiger partial charge in [-0.05, 0) is 65.0 Å². The highest BCUT2D eigenvalue weighted by Gasteiger charge is 2.25. The minimum Gasteiger partial charge on any atom is -0.490 e. The lowest BCUT2D eigenvalue weighted by atomic mass is 10.1. The third kappa shape index (κ3) is 3.93. The van der Waals surface area contributed by atoms with Crippen LogP contribution in [0.4, 0.5) is 0 Å². The van der Waals surface area contributed by atoms with Crippen molar-refractivity contribution in [1.29, 1.82) is 0 Å². The van der Waals surface area contributed by atoms with Gasteiger partial charge >= 0.3 is 5.97 Å². The van der Waals surface area contributed by atoms with Crippen molar-refractivity contribution in [1.82, 2.24) is 0 Å². The predicted molar refractivity (Wildman–Crippen MR) is 101 cm³/mol. The second-order valence-corrected chi connectivity index (χ2v) is 6.81. The van der Waals surface area contributed by atoms with Crippen LogP contribution in [0.2, 0.25) is 0 Å². The highest BCUT2D eigenvalue weighted by molar-refractivity contribution is 9.10. The van der Waals surface area contributed by atoms with Gasteiger partial charge < -0.3 is 14.2 Å². The number of rotatable bonds is 6. The maximum atomic E-state index is 12.1. The molecule has 7 heteroatoms. The lowest BCUT2D eigenvalue weighted by Gasteiger charge is -2.13. The van der Waals surface area contributed by atoms with E-state index in [1.54, 1.807) is 6.08 Å². The van der Waals surface area contributed by atoms with E-state index >= 15 is 0 Å². The molecule has 130 valence electrons. The maximum absolute atomic E-state index is 12.1. The van der Waals surface area contributed by atoms with Gasteiger partial charge in [0.1, 0.15) is 0 Å². The van der Waals surface area contributed by atoms with Gasteiger partial charge in [0.15, 0.2) is 17.2 Å². The van der Waals surface area contributed by atoms with Crippen molar-refractivity contribution >= 4 is 45.2 Å². The average Bonchev–Trinajstić information content (AvgIpc) is 3.22. The first kappa shape index (κ1) is 17.7. The van der Waals surface area contributed by atoms with Crippen LogP contribution in [-0.4, -0.2) is 25.1 Å². The zero-order valence-electron chi connectivity index (χ0n) is 13.7. The molecule has 0 atom stereocenters. The molecular weight excluding hydrogens is 406 g/mol. The molecule has 0 saturated carbocycles. The van der Waals surface area contributed by atoms with Crippen molar-refractivity contribution in [2.45, 2.75) is 13.8 Å². The molecule has 0 spiro atoms. The molecule has 0 aliphatic carbocycles. The Morgan fingerprint density at radius 2 is 2.08 bits per heavy atom. The van der Waals surface area contributed by atoms with E-state index in [1.807, 2.05) is 43.5 Å². The Morgan fingerprint density at radius 3 is 2.76 bits per heavy atom. The summed E-state index contributed by atoms with van der Waals surface area (Å²) < 4.78 is 17.3. The number of benzene rings is 1.